The van der Waals surface area contributed by atoms with Crippen LogP contribution in [0.1, 0.15) is 40.1 Å². The second-order valence-electron chi connectivity index (χ2n) is 3.97. The molecule has 5 heteroatoms. The van der Waals surface area contributed by atoms with Gasteiger partial charge in [-0.25, -0.2) is 9.59 Å². The number of carbonyl (C=O) groups excluding carboxylic acids is 1. The van der Waals surface area contributed by atoms with Crippen LogP contribution in [0.25, 0.3) is 0 Å². The third kappa shape index (κ3) is 2.87. The van der Waals surface area contributed by atoms with Gasteiger partial charge in [0.25, 0.3) is 0 Å². The molecular formula is C13H16O5. The van der Waals surface area contributed by atoms with Crippen molar-refractivity contribution in [2.45, 2.75) is 26.9 Å². The van der Waals surface area contributed by atoms with E-state index in [0.29, 0.717) is 11.1 Å². The number of aromatic carboxylic acids is 1. The molecule has 0 spiro atoms. The predicted octanol–water partition coefficient (Wildman–Crippen LogP) is 1.60. The minimum Gasteiger partial charge on any atom is -0.478 e. The van der Waals surface area contributed by atoms with Gasteiger partial charge in [-0.3, -0.25) is 0 Å². The van der Waals surface area contributed by atoms with Crippen LogP contribution >= 0.6 is 0 Å². The van der Waals surface area contributed by atoms with E-state index in [1.165, 1.54) is 6.07 Å². The molecule has 0 heterocycles. The lowest BCUT2D eigenvalue weighted by molar-refractivity contribution is -0.153. The van der Waals surface area contributed by atoms with Gasteiger partial charge in [0.1, 0.15) is 0 Å². The lowest BCUT2D eigenvalue weighted by Gasteiger charge is -2.13. The Morgan fingerprint density at radius 2 is 1.94 bits per heavy atom. The molecule has 0 aliphatic carbocycles. The average Bonchev–Trinajstić information content (AvgIpc) is 2.31. The molecule has 1 unspecified atom stereocenters. The Balaban J connectivity index is 3.18. The largest absolute Gasteiger partial charge is 0.478 e. The Bertz CT molecular complexity index is 479. The standard InChI is InChI=1S/C13H16O5/c1-4-18-13(17)11(14)9-5-7(2)8(3)10(6-9)12(15)16/h5-6,11,14H,4H2,1-3H3,(H,15,16). The van der Waals surface area contributed by atoms with E-state index < -0.39 is 18.0 Å². The average molecular weight is 252 g/mol. The summed E-state index contributed by atoms with van der Waals surface area (Å²) in [5.41, 5.74) is 1.62. The fourth-order valence-electron chi connectivity index (χ4n) is 1.62. The van der Waals surface area contributed by atoms with E-state index in [-0.39, 0.29) is 17.7 Å². The third-order valence-electron chi connectivity index (χ3n) is 2.75. The number of carbonyl (C=O) groups is 2. The molecule has 0 saturated carbocycles. The minimum absolute atomic E-state index is 0.0772. The van der Waals surface area contributed by atoms with Crippen LogP contribution in [0.2, 0.25) is 0 Å². The van der Waals surface area contributed by atoms with Gasteiger partial charge in [-0.1, -0.05) is 6.07 Å². The lowest BCUT2D eigenvalue weighted by Crippen LogP contribution is -2.16. The van der Waals surface area contributed by atoms with E-state index in [4.69, 9.17) is 9.84 Å². The zero-order chi connectivity index (χ0) is 13.9. The molecule has 0 saturated heterocycles. The number of aliphatic hydroxyl groups excluding tert-OH is 1. The highest BCUT2D eigenvalue weighted by Gasteiger charge is 2.21. The predicted molar refractivity (Wildman–Crippen MR) is 64.5 cm³/mol. The lowest BCUT2D eigenvalue weighted by atomic mass is 9.97. The van der Waals surface area contributed by atoms with Crippen LogP contribution in [0.4, 0.5) is 0 Å². The van der Waals surface area contributed by atoms with Gasteiger partial charge in [-0.2, -0.15) is 0 Å². The normalized spacial score (nSPS) is 12.0. The maximum Gasteiger partial charge on any atom is 0.339 e. The van der Waals surface area contributed by atoms with Crippen molar-refractivity contribution in [1.82, 2.24) is 0 Å². The van der Waals surface area contributed by atoms with E-state index in [9.17, 15) is 14.7 Å². The van der Waals surface area contributed by atoms with E-state index in [1.807, 2.05) is 0 Å². The minimum atomic E-state index is -1.46. The molecule has 0 radical (unpaired) electrons. The molecule has 0 aliphatic heterocycles. The second-order valence-corrected chi connectivity index (χ2v) is 3.97. The van der Waals surface area contributed by atoms with Crippen molar-refractivity contribution in [3.63, 3.8) is 0 Å². The number of carboxylic acids is 1. The van der Waals surface area contributed by atoms with Gasteiger partial charge in [0.05, 0.1) is 12.2 Å². The topological polar surface area (TPSA) is 83.8 Å². The van der Waals surface area contributed by atoms with Crippen molar-refractivity contribution in [2.24, 2.45) is 0 Å². The van der Waals surface area contributed by atoms with Crippen LogP contribution in [0.15, 0.2) is 12.1 Å². The Labute approximate surface area is 105 Å². The fraction of sp³-hybridized carbons (Fsp3) is 0.385. The molecule has 1 rings (SSSR count). The SMILES string of the molecule is CCOC(=O)C(O)c1cc(C)c(C)c(C(=O)O)c1. The summed E-state index contributed by atoms with van der Waals surface area (Å²) in [5.74, 6) is -1.87. The van der Waals surface area contributed by atoms with Crippen LogP contribution in [0.5, 0.6) is 0 Å². The highest BCUT2D eigenvalue weighted by Crippen LogP contribution is 2.22. The smallest absolute Gasteiger partial charge is 0.339 e. The van der Waals surface area contributed by atoms with Gasteiger partial charge in [-0.15, -0.1) is 0 Å². The summed E-state index contributed by atoms with van der Waals surface area (Å²) in [7, 11) is 0. The van der Waals surface area contributed by atoms with Crippen molar-refractivity contribution in [1.29, 1.82) is 0 Å². The molecule has 98 valence electrons. The molecule has 1 atom stereocenters. The molecule has 0 aliphatic rings. The number of aryl methyl sites for hydroxylation is 1. The number of rotatable bonds is 4. The quantitative estimate of drug-likeness (QED) is 0.795. The molecule has 18 heavy (non-hydrogen) atoms. The van der Waals surface area contributed by atoms with Crippen LogP contribution in [0.3, 0.4) is 0 Å². The molecule has 0 bridgehead atoms. The summed E-state index contributed by atoms with van der Waals surface area (Å²) in [6.07, 6.45) is -1.46. The molecule has 5 nitrogen and oxygen atoms in total. The summed E-state index contributed by atoms with van der Waals surface area (Å²) < 4.78 is 4.69. The van der Waals surface area contributed by atoms with E-state index in [0.717, 1.165) is 0 Å². The first-order valence-corrected chi connectivity index (χ1v) is 5.57. The van der Waals surface area contributed by atoms with Crippen LogP contribution in [0, 0.1) is 13.8 Å². The van der Waals surface area contributed by atoms with Crippen LogP contribution in [-0.2, 0) is 9.53 Å². The molecule has 1 aromatic rings. The van der Waals surface area contributed by atoms with E-state index in [2.05, 4.69) is 0 Å². The van der Waals surface area contributed by atoms with Crippen molar-refractivity contribution >= 4 is 11.9 Å². The molecule has 0 aromatic heterocycles. The third-order valence-corrected chi connectivity index (χ3v) is 2.75. The zero-order valence-electron chi connectivity index (χ0n) is 10.6. The summed E-state index contributed by atoms with van der Waals surface area (Å²) in [4.78, 5) is 22.4. The van der Waals surface area contributed by atoms with Crippen molar-refractivity contribution in [3.8, 4) is 0 Å². The number of benzene rings is 1. The molecule has 0 fully saturated rings. The van der Waals surface area contributed by atoms with Gasteiger partial charge in [-0.05, 0) is 43.5 Å². The molecule has 0 amide bonds. The Morgan fingerprint density at radius 3 is 2.44 bits per heavy atom. The Morgan fingerprint density at radius 1 is 1.33 bits per heavy atom. The second kappa shape index (κ2) is 5.64. The number of aliphatic hydroxyl groups is 1. The maximum absolute atomic E-state index is 11.4. The maximum atomic E-state index is 11.4. The zero-order valence-corrected chi connectivity index (χ0v) is 10.6. The number of hydrogen-bond acceptors (Lipinski definition) is 4. The first-order chi connectivity index (χ1) is 8.38. The Hall–Kier alpha value is -1.88. The number of hydrogen-bond donors (Lipinski definition) is 2. The highest BCUT2D eigenvalue weighted by atomic mass is 16.5. The van der Waals surface area contributed by atoms with Gasteiger partial charge in [0, 0.05) is 0 Å². The number of ether oxygens (including phenoxy) is 1. The van der Waals surface area contributed by atoms with E-state index in [1.54, 1.807) is 26.8 Å². The van der Waals surface area contributed by atoms with Crippen LogP contribution < -0.4 is 0 Å². The fourth-order valence-corrected chi connectivity index (χ4v) is 1.62. The number of esters is 1. The summed E-state index contributed by atoms with van der Waals surface area (Å²) in [5, 5.41) is 18.8. The molecule has 1 aromatic carbocycles. The first kappa shape index (κ1) is 14.2. The summed E-state index contributed by atoms with van der Waals surface area (Å²) in [6, 6.07) is 2.88. The van der Waals surface area contributed by atoms with Crippen molar-refractivity contribution in [2.75, 3.05) is 6.61 Å². The molecular weight excluding hydrogens is 236 g/mol. The monoisotopic (exact) mass is 252 g/mol. The molecule has 2 N–H and O–H groups in total. The van der Waals surface area contributed by atoms with Gasteiger partial charge in [0.15, 0.2) is 6.10 Å². The van der Waals surface area contributed by atoms with Gasteiger partial charge >= 0.3 is 11.9 Å². The van der Waals surface area contributed by atoms with Crippen molar-refractivity contribution < 1.29 is 24.5 Å². The first-order valence-electron chi connectivity index (χ1n) is 5.57. The Kier molecular flexibility index (Phi) is 4.44. The summed E-state index contributed by atoms with van der Waals surface area (Å²) >= 11 is 0. The van der Waals surface area contributed by atoms with E-state index >= 15 is 0 Å². The van der Waals surface area contributed by atoms with Gasteiger partial charge < -0.3 is 14.9 Å². The van der Waals surface area contributed by atoms with Gasteiger partial charge in [0.2, 0.25) is 0 Å². The highest BCUT2D eigenvalue weighted by molar-refractivity contribution is 5.90. The number of carboxylic acid groups (broad SMARTS) is 1. The van der Waals surface area contributed by atoms with Crippen molar-refractivity contribution in [3.05, 3.63) is 34.4 Å². The summed E-state index contributed by atoms with van der Waals surface area (Å²) in [6.45, 7) is 5.20. The van der Waals surface area contributed by atoms with Crippen LogP contribution in [-0.4, -0.2) is 28.8 Å².